The van der Waals surface area contributed by atoms with Crippen molar-refractivity contribution >= 4 is 39.1 Å². The van der Waals surface area contributed by atoms with E-state index in [1.807, 2.05) is 0 Å². The summed E-state index contributed by atoms with van der Waals surface area (Å²) >= 11 is 5.88. The summed E-state index contributed by atoms with van der Waals surface area (Å²) in [4.78, 5) is 24.2. The number of sulfonamides is 1. The summed E-state index contributed by atoms with van der Waals surface area (Å²) in [6, 6.07) is 10.7. The molecule has 2 aromatic carbocycles. The molecule has 2 rings (SSSR count). The van der Waals surface area contributed by atoms with Crippen LogP contribution in [-0.4, -0.2) is 40.4 Å². The molecule has 31 heavy (non-hydrogen) atoms. The lowest BCUT2D eigenvalue weighted by molar-refractivity contribution is -0.123. The maximum Gasteiger partial charge on any atom is 0.251 e. The molecular formula is C21H26ClN3O5S. The molecule has 10 heteroatoms. The van der Waals surface area contributed by atoms with Crippen LogP contribution < -0.4 is 20.1 Å². The Kier molecular flexibility index (Phi) is 8.05. The Bertz CT molecular complexity index is 1050. The SMILES string of the molecule is COc1ccc(Cl)cc1S(=O)(=O)NCCNC(=O)c1ccc(NC(=O)C(C)(C)C)cc1. The topological polar surface area (TPSA) is 114 Å². The molecule has 0 aliphatic heterocycles. The van der Waals surface area contributed by atoms with Gasteiger partial charge in [-0.05, 0) is 42.5 Å². The lowest BCUT2D eigenvalue weighted by Crippen LogP contribution is -2.34. The number of ether oxygens (including phenoxy) is 1. The average Bonchev–Trinajstić information content (AvgIpc) is 2.71. The minimum absolute atomic E-state index is 0.0243. The maximum atomic E-state index is 12.5. The molecule has 0 radical (unpaired) electrons. The number of benzene rings is 2. The number of anilines is 1. The first-order chi connectivity index (χ1) is 14.4. The third-order valence-corrected chi connectivity index (χ3v) is 5.92. The van der Waals surface area contributed by atoms with E-state index in [0.717, 1.165) is 0 Å². The van der Waals surface area contributed by atoms with Gasteiger partial charge in [0.1, 0.15) is 10.6 Å². The Hall–Kier alpha value is -2.62. The zero-order valence-corrected chi connectivity index (χ0v) is 19.4. The molecule has 3 N–H and O–H groups in total. The summed E-state index contributed by atoms with van der Waals surface area (Å²) in [6.45, 7) is 5.47. The number of methoxy groups -OCH3 is 1. The Morgan fingerprint density at radius 1 is 1.03 bits per heavy atom. The van der Waals surface area contributed by atoms with E-state index < -0.39 is 15.4 Å². The van der Waals surface area contributed by atoms with Crippen LogP contribution in [0.5, 0.6) is 5.75 Å². The first kappa shape index (κ1) is 24.6. The number of hydrogen-bond acceptors (Lipinski definition) is 5. The minimum Gasteiger partial charge on any atom is -0.495 e. The number of hydrogen-bond donors (Lipinski definition) is 3. The fourth-order valence-corrected chi connectivity index (χ4v) is 3.89. The fourth-order valence-electron chi connectivity index (χ4n) is 2.43. The van der Waals surface area contributed by atoms with Crippen molar-refractivity contribution in [2.45, 2.75) is 25.7 Å². The van der Waals surface area contributed by atoms with Gasteiger partial charge < -0.3 is 15.4 Å². The van der Waals surface area contributed by atoms with Crippen LogP contribution in [0.1, 0.15) is 31.1 Å². The van der Waals surface area contributed by atoms with Crippen LogP contribution in [0.25, 0.3) is 0 Å². The Morgan fingerprint density at radius 2 is 1.68 bits per heavy atom. The van der Waals surface area contributed by atoms with Crippen molar-refractivity contribution in [1.82, 2.24) is 10.0 Å². The number of carbonyl (C=O) groups is 2. The average molecular weight is 468 g/mol. The first-order valence-electron chi connectivity index (χ1n) is 9.47. The third kappa shape index (κ3) is 6.95. The van der Waals surface area contributed by atoms with Crippen LogP contribution in [0.2, 0.25) is 5.02 Å². The Labute approximate surface area is 187 Å². The molecule has 0 unspecified atom stereocenters. The Balaban J connectivity index is 1.89. The first-order valence-corrected chi connectivity index (χ1v) is 11.3. The van der Waals surface area contributed by atoms with E-state index in [2.05, 4.69) is 15.4 Å². The number of amides is 2. The highest BCUT2D eigenvalue weighted by atomic mass is 35.5. The van der Waals surface area contributed by atoms with E-state index in [0.29, 0.717) is 11.3 Å². The monoisotopic (exact) mass is 467 g/mol. The molecule has 168 valence electrons. The van der Waals surface area contributed by atoms with E-state index in [9.17, 15) is 18.0 Å². The van der Waals surface area contributed by atoms with Crippen molar-refractivity contribution in [3.63, 3.8) is 0 Å². The normalized spacial score (nSPS) is 11.6. The molecule has 0 atom stereocenters. The second-order valence-electron chi connectivity index (χ2n) is 7.73. The molecule has 2 amide bonds. The van der Waals surface area contributed by atoms with E-state index in [4.69, 9.17) is 16.3 Å². The molecule has 0 saturated carbocycles. The molecule has 0 saturated heterocycles. The molecule has 0 aliphatic carbocycles. The summed E-state index contributed by atoms with van der Waals surface area (Å²) < 4.78 is 32.4. The summed E-state index contributed by atoms with van der Waals surface area (Å²) in [5.41, 5.74) is 0.436. The van der Waals surface area contributed by atoms with Crippen LogP contribution in [0.3, 0.4) is 0 Å². The predicted octanol–water partition coefficient (Wildman–Crippen LogP) is 3.04. The quantitative estimate of drug-likeness (QED) is 0.516. The molecule has 0 fully saturated rings. The van der Waals surface area contributed by atoms with Crippen molar-refractivity contribution in [1.29, 1.82) is 0 Å². The van der Waals surface area contributed by atoms with Crippen molar-refractivity contribution in [2.24, 2.45) is 5.41 Å². The number of halogens is 1. The molecule has 2 aromatic rings. The highest BCUT2D eigenvalue weighted by molar-refractivity contribution is 7.89. The largest absolute Gasteiger partial charge is 0.495 e. The van der Waals surface area contributed by atoms with Gasteiger partial charge >= 0.3 is 0 Å². The van der Waals surface area contributed by atoms with E-state index >= 15 is 0 Å². The lowest BCUT2D eigenvalue weighted by Gasteiger charge is -2.17. The molecule has 0 aromatic heterocycles. The zero-order valence-electron chi connectivity index (χ0n) is 17.8. The molecule has 0 bridgehead atoms. The van der Waals surface area contributed by atoms with E-state index in [1.54, 1.807) is 45.0 Å². The highest BCUT2D eigenvalue weighted by Gasteiger charge is 2.21. The summed E-state index contributed by atoms with van der Waals surface area (Å²) in [5.74, 6) is -0.332. The van der Waals surface area contributed by atoms with Gasteiger partial charge in [0.2, 0.25) is 15.9 Å². The van der Waals surface area contributed by atoms with E-state index in [1.165, 1.54) is 25.3 Å². The van der Waals surface area contributed by atoms with Crippen molar-refractivity contribution in [3.8, 4) is 5.75 Å². The highest BCUT2D eigenvalue weighted by Crippen LogP contribution is 2.26. The van der Waals surface area contributed by atoms with Gasteiger partial charge in [0.15, 0.2) is 0 Å². The molecular weight excluding hydrogens is 442 g/mol. The molecule has 0 aliphatic rings. The summed E-state index contributed by atoms with van der Waals surface area (Å²) in [6.07, 6.45) is 0. The number of rotatable bonds is 8. The van der Waals surface area contributed by atoms with Gasteiger partial charge in [-0.2, -0.15) is 0 Å². The standard InChI is InChI=1S/C21H26ClN3O5S/c1-21(2,3)20(27)25-16-8-5-14(6-9-16)19(26)23-11-12-24-31(28,29)18-13-15(22)7-10-17(18)30-4/h5-10,13,24H,11-12H2,1-4H3,(H,23,26)(H,25,27). The number of carbonyl (C=O) groups excluding carboxylic acids is 2. The minimum atomic E-state index is -3.87. The molecule has 0 spiro atoms. The van der Waals surface area contributed by atoms with Gasteiger partial charge in [0.25, 0.3) is 5.91 Å². The Morgan fingerprint density at radius 3 is 2.26 bits per heavy atom. The third-order valence-electron chi connectivity index (χ3n) is 4.20. The van der Waals surface area contributed by atoms with Crippen LogP contribution in [-0.2, 0) is 14.8 Å². The van der Waals surface area contributed by atoms with Crippen molar-refractivity contribution < 1.29 is 22.7 Å². The second kappa shape index (κ2) is 10.1. The molecule has 8 nitrogen and oxygen atoms in total. The lowest BCUT2D eigenvalue weighted by atomic mass is 9.95. The van der Waals surface area contributed by atoms with Gasteiger partial charge in [-0.25, -0.2) is 13.1 Å². The summed E-state index contributed by atoms with van der Waals surface area (Å²) in [7, 11) is -2.50. The van der Waals surface area contributed by atoms with Gasteiger partial charge in [-0.3, -0.25) is 9.59 Å². The van der Waals surface area contributed by atoms with Crippen LogP contribution in [0.15, 0.2) is 47.4 Å². The molecule has 0 heterocycles. The van der Waals surface area contributed by atoms with Crippen LogP contribution >= 0.6 is 11.6 Å². The van der Waals surface area contributed by atoms with Crippen molar-refractivity contribution in [3.05, 3.63) is 53.1 Å². The van der Waals surface area contributed by atoms with Gasteiger partial charge in [-0.1, -0.05) is 32.4 Å². The maximum absolute atomic E-state index is 12.5. The fraction of sp³-hybridized carbons (Fsp3) is 0.333. The van der Waals surface area contributed by atoms with Crippen molar-refractivity contribution in [2.75, 3.05) is 25.5 Å². The van der Waals surface area contributed by atoms with E-state index in [-0.39, 0.29) is 40.6 Å². The zero-order chi connectivity index (χ0) is 23.2. The van der Waals surface area contributed by atoms with Crippen LogP contribution in [0, 0.1) is 5.41 Å². The number of nitrogens with one attached hydrogen (secondary N) is 3. The smallest absolute Gasteiger partial charge is 0.251 e. The van der Waals surface area contributed by atoms with Crippen LogP contribution in [0.4, 0.5) is 5.69 Å². The van der Waals surface area contributed by atoms with Gasteiger partial charge in [0.05, 0.1) is 7.11 Å². The summed E-state index contributed by atoms with van der Waals surface area (Å²) in [5, 5.41) is 5.68. The second-order valence-corrected chi connectivity index (χ2v) is 9.90. The predicted molar refractivity (Wildman–Crippen MR) is 120 cm³/mol. The van der Waals surface area contributed by atoms with Gasteiger partial charge in [-0.15, -0.1) is 0 Å². The van der Waals surface area contributed by atoms with Gasteiger partial charge in [0, 0.05) is 34.8 Å².